The normalized spacial score (nSPS) is 10.5. The van der Waals surface area contributed by atoms with Crippen molar-refractivity contribution in [1.82, 2.24) is 15.2 Å². The molecule has 1 aromatic heterocycles. The summed E-state index contributed by atoms with van der Waals surface area (Å²) in [6, 6.07) is 13.9. The van der Waals surface area contributed by atoms with Crippen molar-refractivity contribution >= 4 is 29.1 Å². The highest BCUT2D eigenvalue weighted by atomic mass is 35.5. The van der Waals surface area contributed by atoms with Crippen molar-refractivity contribution in [2.45, 2.75) is 20.4 Å². The van der Waals surface area contributed by atoms with Crippen molar-refractivity contribution in [1.29, 1.82) is 0 Å². The van der Waals surface area contributed by atoms with Crippen LogP contribution in [0.25, 0.3) is 0 Å². The Hall–Kier alpha value is -2.66. The van der Waals surface area contributed by atoms with Crippen LogP contribution in [0.3, 0.4) is 0 Å². The Balaban J connectivity index is 1.69. The van der Waals surface area contributed by atoms with Crippen LogP contribution in [0, 0.1) is 13.8 Å². The van der Waals surface area contributed by atoms with E-state index in [1.807, 2.05) is 31.2 Å². The average molecular weight is 340 g/mol. The van der Waals surface area contributed by atoms with Crippen molar-refractivity contribution in [3.8, 4) is 0 Å². The molecule has 5 nitrogen and oxygen atoms in total. The summed E-state index contributed by atoms with van der Waals surface area (Å²) >= 11 is 5.98. The van der Waals surface area contributed by atoms with Crippen molar-refractivity contribution in [2.24, 2.45) is 0 Å². The largest absolute Gasteiger partial charge is 0.349 e. The summed E-state index contributed by atoms with van der Waals surface area (Å²) in [5.41, 5.74) is 4.37. The molecule has 6 heteroatoms. The molecule has 3 aromatic rings. The molecular formula is C18H18ClN5. The molecule has 3 rings (SSSR count). The zero-order valence-electron chi connectivity index (χ0n) is 13.5. The second kappa shape index (κ2) is 7.27. The van der Waals surface area contributed by atoms with Crippen LogP contribution in [-0.2, 0) is 6.54 Å². The quantitative estimate of drug-likeness (QED) is 0.716. The van der Waals surface area contributed by atoms with E-state index in [2.05, 4.69) is 50.9 Å². The van der Waals surface area contributed by atoms with Gasteiger partial charge in [-0.25, -0.2) is 0 Å². The first-order valence-corrected chi connectivity index (χ1v) is 8.00. The molecule has 0 fully saturated rings. The summed E-state index contributed by atoms with van der Waals surface area (Å²) in [4.78, 5) is 4.44. The van der Waals surface area contributed by atoms with Gasteiger partial charge in [0.2, 0.25) is 5.95 Å². The SMILES string of the molecule is Cc1cccc(CNc2nncc(Nc3ccc(Cl)cc3C)n2)c1. The first kappa shape index (κ1) is 16.2. The first-order chi connectivity index (χ1) is 11.6. The fourth-order valence-electron chi connectivity index (χ4n) is 2.35. The molecule has 1 heterocycles. The minimum absolute atomic E-state index is 0.480. The van der Waals surface area contributed by atoms with Crippen LogP contribution in [0.4, 0.5) is 17.5 Å². The van der Waals surface area contributed by atoms with E-state index in [1.165, 1.54) is 11.1 Å². The highest BCUT2D eigenvalue weighted by Gasteiger charge is 2.04. The topological polar surface area (TPSA) is 62.7 Å². The third kappa shape index (κ3) is 4.20. The Labute approximate surface area is 146 Å². The molecule has 0 bridgehead atoms. The molecule has 2 aromatic carbocycles. The number of nitrogens with zero attached hydrogens (tertiary/aromatic N) is 3. The van der Waals surface area contributed by atoms with Gasteiger partial charge in [0.25, 0.3) is 0 Å². The minimum atomic E-state index is 0.480. The molecular weight excluding hydrogens is 322 g/mol. The fourth-order valence-corrected chi connectivity index (χ4v) is 2.57. The maximum absolute atomic E-state index is 5.98. The van der Waals surface area contributed by atoms with E-state index in [4.69, 9.17) is 11.6 Å². The summed E-state index contributed by atoms with van der Waals surface area (Å²) < 4.78 is 0. The molecule has 24 heavy (non-hydrogen) atoms. The molecule has 0 amide bonds. The standard InChI is InChI=1S/C18H18ClN5/c1-12-4-3-5-14(8-12)10-20-18-23-17(11-21-24-18)22-16-7-6-15(19)9-13(16)2/h3-9,11H,10H2,1-2H3,(H2,20,22,23,24). The lowest BCUT2D eigenvalue weighted by Crippen LogP contribution is -2.06. The number of halogens is 1. The van der Waals surface area contributed by atoms with Gasteiger partial charge >= 0.3 is 0 Å². The zero-order chi connectivity index (χ0) is 16.9. The molecule has 122 valence electrons. The third-order valence-electron chi connectivity index (χ3n) is 3.54. The number of benzene rings is 2. The molecule has 0 spiro atoms. The van der Waals surface area contributed by atoms with Gasteiger partial charge in [-0.05, 0) is 43.2 Å². The summed E-state index contributed by atoms with van der Waals surface area (Å²) in [7, 11) is 0. The van der Waals surface area contributed by atoms with Crippen LogP contribution in [-0.4, -0.2) is 15.2 Å². The fraction of sp³-hybridized carbons (Fsp3) is 0.167. The van der Waals surface area contributed by atoms with E-state index in [0.717, 1.165) is 11.3 Å². The number of aromatic nitrogens is 3. The van der Waals surface area contributed by atoms with E-state index in [0.29, 0.717) is 23.3 Å². The Morgan fingerprint density at radius 3 is 2.75 bits per heavy atom. The molecule has 0 aliphatic carbocycles. The predicted octanol–water partition coefficient (Wildman–Crippen LogP) is 4.50. The van der Waals surface area contributed by atoms with Crippen LogP contribution < -0.4 is 10.6 Å². The molecule has 0 saturated carbocycles. The molecule has 2 N–H and O–H groups in total. The van der Waals surface area contributed by atoms with Crippen LogP contribution in [0.15, 0.2) is 48.7 Å². The van der Waals surface area contributed by atoms with Gasteiger partial charge in [-0.3, -0.25) is 0 Å². The van der Waals surface area contributed by atoms with E-state index >= 15 is 0 Å². The van der Waals surface area contributed by atoms with Gasteiger partial charge in [0.05, 0.1) is 6.20 Å². The maximum atomic E-state index is 5.98. The molecule has 0 unspecified atom stereocenters. The maximum Gasteiger partial charge on any atom is 0.244 e. The number of nitrogens with one attached hydrogen (secondary N) is 2. The van der Waals surface area contributed by atoms with Crippen LogP contribution in [0.1, 0.15) is 16.7 Å². The lowest BCUT2D eigenvalue weighted by Gasteiger charge is -2.10. The highest BCUT2D eigenvalue weighted by Crippen LogP contribution is 2.22. The van der Waals surface area contributed by atoms with E-state index < -0.39 is 0 Å². The van der Waals surface area contributed by atoms with Crippen molar-refractivity contribution in [3.63, 3.8) is 0 Å². The average Bonchev–Trinajstić information content (AvgIpc) is 2.56. The van der Waals surface area contributed by atoms with E-state index in [9.17, 15) is 0 Å². The van der Waals surface area contributed by atoms with Crippen LogP contribution in [0.2, 0.25) is 5.02 Å². The monoisotopic (exact) mass is 339 g/mol. The van der Waals surface area contributed by atoms with Gasteiger partial charge < -0.3 is 10.6 Å². The number of anilines is 3. The molecule has 0 radical (unpaired) electrons. The third-order valence-corrected chi connectivity index (χ3v) is 3.78. The molecule has 0 saturated heterocycles. The summed E-state index contributed by atoms with van der Waals surface area (Å²) in [6.07, 6.45) is 1.59. The van der Waals surface area contributed by atoms with Crippen LogP contribution in [0.5, 0.6) is 0 Å². The zero-order valence-corrected chi connectivity index (χ0v) is 14.3. The second-order valence-corrected chi connectivity index (χ2v) is 6.03. The summed E-state index contributed by atoms with van der Waals surface area (Å²) in [5, 5.41) is 15.2. The summed E-state index contributed by atoms with van der Waals surface area (Å²) in [6.45, 7) is 4.70. The molecule has 0 aliphatic rings. The minimum Gasteiger partial charge on any atom is -0.349 e. The Morgan fingerprint density at radius 1 is 1.08 bits per heavy atom. The van der Waals surface area contributed by atoms with Gasteiger partial charge in [-0.2, -0.15) is 10.1 Å². The number of hydrogen-bond acceptors (Lipinski definition) is 5. The number of rotatable bonds is 5. The van der Waals surface area contributed by atoms with Crippen molar-refractivity contribution < 1.29 is 0 Å². The van der Waals surface area contributed by atoms with Crippen molar-refractivity contribution in [2.75, 3.05) is 10.6 Å². The predicted molar refractivity (Wildman–Crippen MR) is 97.8 cm³/mol. The van der Waals surface area contributed by atoms with Gasteiger partial charge in [0.1, 0.15) is 0 Å². The number of hydrogen-bond donors (Lipinski definition) is 2. The summed E-state index contributed by atoms with van der Waals surface area (Å²) in [5.74, 6) is 1.11. The van der Waals surface area contributed by atoms with Gasteiger partial charge in [-0.1, -0.05) is 41.4 Å². The Bertz CT molecular complexity index is 850. The number of aryl methyl sites for hydroxylation is 2. The first-order valence-electron chi connectivity index (χ1n) is 7.62. The second-order valence-electron chi connectivity index (χ2n) is 5.59. The smallest absolute Gasteiger partial charge is 0.244 e. The molecule has 0 atom stereocenters. The Morgan fingerprint density at radius 2 is 1.96 bits per heavy atom. The van der Waals surface area contributed by atoms with E-state index in [1.54, 1.807) is 6.20 Å². The lowest BCUT2D eigenvalue weighted by molar-refractivity contribution is 0.948. The van der Waals surface area contributed by atoms with Gasteiger partial charge in [-0.15, -0.1) is 5.10 Å². The van der Waals surface area contributed by atoms with Gasteiger partial charge in [0, 0.05) is 17.3 Å². The van der Waals surface area contributed by atoms with E-state index in [-0.39, 0.29) is 0 Å². The highest BCUT2D eigenvalue weighted by molar-refractivity contribution is 6.30. The van der Waals surface area contributed by atoms with Crippen molar-refractivity contribution in [3.05, 3.63) is 70.4 Å². The van der Waals surface area contributed by atoms with Crippen LogP contribution >= 0.6 is 11.6 Å². The molecule has 0 aliphatic heterocycles. The van der Waals surface area contributed by atoms with Gasteiger partial charge in [0.15, 0.2) is 5.82 Å². The lowest BCUT2D eigenvalue weighted by atomic mass is 10.1. The Kier molecular flexibility index (Phi) is 4.91.